The van der Waals surface area contributed by atoms with E-state index in [1.54, 1.807) is 0 Å². The summed E-state index contributed by atoms with van der Waals surface area (Å²) in [4.78, 5) is 0. The molecule has 2 heterocycles. The second kappa shape index (κ2) is 13.9. The number of rotatable bonds is 11. The van der Waals surface area contributed by atoms with Gasteiger partial charge in [-0.15, -0.1) is 0 Å². The summed E-state index contributed by atoms with van der Waals surface area (Å²) in [7, 11) is 0. The average molecular weight is 635 g/mol. The predicted octanol–water partition coefficient (Wildman–Crippen LogP) is 13.3. The number of nitrogens with zero attached hydrogens (tertiary/aromatic N) is 1. The van der Waals surface area contributed by atoms with E-state index in [4.69, 9.17) is 0 Å². The Hall–Kier alpha value is -3.97. The van der Waals surface area contributed by atoms with E-state index in [1.165, 1.54) is 87.0 Å². The number of hydrogen-bond donors (Lipinski definition) is 0. The fourth-order valence-electron chi connectivity index (χ4n) is 8.20. The van der Waals surface area contributed by atoms with Gasteiger partial charge in [-0.05, 0) is 87.7 Å². The number of unbranched alkanes of at least 4 members (excludes halogenated alkanes) is 2. The first-order valence-electron chi connectivity index (χ1n) is 18.7. The van der Waals surface area contributed by atoms with Crippen LogP contribution in [0.1, 0.15) is 122 Å². The van der Waals surface area contributed by atoms with Crippen LogP contribution in [0.2, 0.25) is 0 Å². The Kier molecular flexibility index (Phi) is 9.80. The van der Waals surface area contributed by atoms with E-state index in [9.17, 15) is 0 Å². The molecule has 6 rings (SSSR count). The molecule has 3 atom stereocenters. The highest BCUT2D eigenvalue weighted by atomic mass is 15.1. The SMILES string of the molecule is CCCCCC(C)c1ccc(-c2ccc(-c3ccc(-c4ccc5c(c4)-c4cc(C(C)C)cc[n+]4C(C)(CC)C5(C)CC)cc3)cc2)cc1. The van der Waals surface area contributed by atoms with Crippen molar-refractivity contribution >= 4 is 0 Å². The summed E-state index contributed by atoms with van der Waals surface area (Å²) >= 11 is 0. The lowest BCUT2D eigenvalue weighted by Crippen LogP contribution is -2.67. The molecule has 0 N–H and O–H groups in total. The second-order valence-electron chi connectivity index (χ2n) is 15.1. The third-order valence-electron chi connectivity index (χ3n) is 12.1. The fraction of sp³-hybridized carbons (Fsp3) is 0.383. The highest BCUT2D eigenvalue weighted by Crippen LogP contribution is 2.50. The Morgan fingerprint density at radius 3 is 1.58 bits per heavy atom. The zero-order valence-corrected chi connectivity index (χ0v) is 30.7. The molecule has 0 bridgehead atoms. The molecule has 248 valence electrons. The summed E-state index contributed by atoms with van der Waals surface area (Å²) in [6.45, 7) is 18.9. The van der Waals surface area contributed by atoms with Crippen LogP contribution in [-0.4, -0.2) is 0 Å². The largest absolute Gasteiger partial charge is 0.213 e. The molecule has 3 unspecified atom stereocenters. The molecular weight excluding hydrogens is 579 g/mol. The van der Waals surface area contributed by atoms with Crippen molar-refractivity contribution < 1.29 is 4.57 Å². The van der Waals surface area contributed by atoms with Crippen LogP contribution < -0.4 is 4.57 Å². The zero-order chi connectivity index (χ0) is 34.1. The lowest BCUT2D eigenvalue weighted by molar-refractivity contribution is -0.765. The first-order valence-corrected chi connectivity index (χ1v) is 18.7. The van der Waals surface area contributed by atoms with Gasteiger partial charge in [0, 0.05) is 25.5 Å². The molecule has 1 aliphatic heterocycles. The number of fused-ring (bicyclic) bond motifs is 3. The van der Waals surface area contributed by atoms with Gasteiger partial charge in [0.05, 0.1) is 11.0 Å². The van der Waals surface area contributed by atoms with Gasteiger partial charge >= 0.3 is 0 Å². The second-order valence-corrected chi connectivity index (χ2v) is 15.1. The molecule has 4 aromatic carbocycles. The lowest BCUT2D eigenvalue weighted by atomic mass is 9.60. The van der Waals surface area contributed by atoms with Crippen LogP contribution in [0.15, 0.2) is 109 Å². The summed E-state index contributed by atoms with van der Waals surface area (Å²) in [5.74, 6) is 1.11. The summed E-state index contributed by atoms with van der Waals surface area (Å²) in [5, 5.41) is 0. The fourth-order valence-corrected chi connectivity index (χ4v) is 8.20. The van der Waals surface area contributed by atoms with Gasteiger partial charge in [-0.3, -0.25) is 0 Å². The van der Waals surface area contributed by atoms with Crippen LogP contribution in [0.4, 0.5) is 0 Å². The van der Waals surface area contributed by atoms with Crippen LogP contribution in [0.3, 0.4) is 0 Å². The highest BCUT2D eigenvalue weighted by Gasteiger charge is 2.56. The molecule has 0 aliphatic carbocycles. The molecule has 0 spiro atoms. The molecule has 5 aromatic rings. The number of pyridine rings is 1. The molecule has 1 nitrogen and oxygen atoms in total. The normalized spacial score (nSPS) is 19.2. The van der Waals surface area contributed by atoms with E-state index in [1.807, 2.05) is 0 Å². The van der Waals surface area contributed by atoms with Gasteiger partial charge in [0.1, 0.15) is 0 Å². The van der Waals surface area contributed by atoms with Crippen molar-refractivity contribution in [2.75, 3.05) is 0 Å². The molecule has 0 saturated carbocycles. The maximum atomic E-state index is 2.59. The molecule has 48 heavy (non-hydrogen) atoms. The van der Waals surface area contributed by atoms with Gasteiger partial charge in [-0.25, -0.2) is 0 Å². The topological polar surface area (TPSA) is 3.88 Å². The van der Waals surface area contributed by atoms with E-state index in [0.29, 0.717) is 11.8 Å². The van der Waals surface area contributed by atoms with E-state index < -0.39 is 0 Å². The number of aromatic nitrogens is 1. The Morgan fingerprint density at radius 2 is 1.08 bits per heavy atom. The van der Waals surface area contributed by atoms with Crippen LogP contribution in [-0.2, 0) is 11.0 Å². The van der Waals surface area contributed by atoms with Crippen molar-refractivity contribution in [1.29, 1.82) is 0 Å². The zero-order valence-electron chi connectivity index (χ0n) is 30.7. The van der Waals surface area contributed by atoms with E-state index in [0.717, 1.165) is 12.8 Å². The van der Waals surface area contributed by atoms with Crippen molar-refractivity contribution in [3.05, 3.63) is 126 Å². The van der Waals surface area contributed by atoms with Crippen LogP contribution in [0, 0.1) is 0 Å². The van der Waals surface area contributed by atoms with Gasteiger partial charge in [-0.1, -0.05) is 146 Å². The Labute approximate surface area is 291 Å². The summed E-state index contributed by atoms with van der Waals surface area (Å²) in [6, 6.07) is 39.5. The quantitative estimate of drug-likeness (QED) is 0.101. The summed E-state index contributed by atoms with van der Waals surface area (Å²) in [5.41, 5.74) is 14.7. The molecule has 0 saturated heterocycles. The van der Waals surface area contributed by atoms with Crippen molar-refractivity contribution in [2.45, 2.75) is 117 Å². The average Bonchev–Trinajstić information content (AvgIpc) is 3.13. The third kappa shape index (κ3) is 6.06. The van der Waals surface area contributed by atoms with E-state index in [-0.39, 0.29) is 11.0 Å². The van der Waals surface area contributed by atoms with Crippen LogP contribution in [0.5, 0.6) is 0 Å². The number of benzene rings is 4. The van der Waals surface area contributed by atoms with Crippen molar-refractivity contribution in [1.82, 2.24) is 0 Å². The molecule has 0 amide bonds. The molecular formula is C47H56N+. The van der Waals surface area contributed by atoms with Gasteiger partial charge in [0.25, 0.3) is 0 Å². The van der Waals surface area contributed by atoms with Crippen LogP contribution >= 0.6 is 0 Å². The van der Waals surface area contributed by atoms with Crippen molar-refractivity contribution in [3.8, 4) is 44.6 Å². The van der Waals surface area contributed by atoms with Gasteiger partial charge < -0.3 is 0 Å². The summed E-state index contributed by atoms with van der Waals surface area (Å²) < 4.78 is 2.59. The third-order valence-corrected chi connectivity index (χ3v) is 12.1. The molecule has 0 fully saturated rings. The first kappa shape index (κ1) is 33.9. The van der Waals surface area contributed by atoms with Crippen molar-refractivity contribution in [2.24, 2.45) is 0 Å². The molecule has 1 aliphatic rings. The van der Waals surface area contributed by atoms with Gasteiger partial charge in [-0.2, -0.15) is 4.57 Å². The summed E-state index contributed by atoms with van der Waals surface area (Å²) in [6.07, 6.45) is 9.75. The maximum absolute atomic E-state index is 2.59. The maximum Gasteiger partial charge on any atom is 0.213 e. The molecule has 1 aromatic heterocycles. The van der Waals surface area contributed by atoms with Gasteiger partial charge in [0.2, 0.25) is 5.69 Å². The predicted molar refractivity (Wildman–Crippen MR) is 207 cm³/mol. The van der Waals surface area contributed by atoms with E-state index >= 15 is 0 Å². The smallest absolute Gasteiger partial charge is 0.192 e. The first-order chi connectivity index (χ1) is 23.1. The Balaban J connectivity index is 1.26. The van der Waals surface area contributed by atoms with Crippen LogP contribution in [0.25, 0.3) is 44.6 Å². The van der Waals surface area contributed by atoms with E-state index in [2.05, 4.69) is 169 Å². The van der Waals surface area contributed by atoms with Gasteiger partial charge in [0.15, 0.2) is 11.7 Å². The lowest BCUT2D eigenvalue weighted by Gasteiger charge is -2.46. The minimum Gasteiger partial charge on any atom is -0.192 e. The Morgan fingerprint density at radius 1 is 0.562 bits per heavy atom. The molecule has 1 heteroatoms. The Bertz CT molecular complexity index is 1840. The minimum absolute atomic E-state index is 0.00816. The standard InChI is InChI=1S/C47H56N/c1-9-12-13-14-34(6)35-15-17-36(18-16-35)37-19-21-38(22-20-37)39-23-25-40(26-24-39)42-27-28-44-43(31-42)45-32-41(33(4)5)29-30-48(45)47(8,11-3)46(44,7)10-2/h15-34H,9-14H2,1-8H3/q+1. The van der Waals surface area contributed by atoms with Crippen molar-refractivity contribution in [3.63, 3.8) is 0 Å². The highest BCUT2D eigenvalue weighted by molar-refractivity contribution is 5.77. The number of hydrogen-bond acceptors (Lipinski definition) is 0. The monoisotopic (exact) mass is 634 g/mol. The molecule has 0 radical (unpaired) electrons. The minimum atomic E-state index is 0.00816.